The van der Waals surface area contributed by atoms with Crippen LogP contribution in [0, 0.1) is 17.8 Å². The Labute approximate surface area is 101 Å². The van der Waals surface area contributed by atoms with Crippen molar-refractivity contribution in [3.8, 4) is 0 Å². The highest BCUT2D eigenvalue weighted by molar-refractivity contribution is 7.90. The number of ether oxygens (including phenoxy) is 1. The number of hydrogen-bond donors (Lipinski definition) is 1. The summed E-state index contributed by atoms with van der Waals surface area (Å²) in [5.41, 5.74) is 0. The highest BCUT2D eigenvalue weighted by Gasteiger charge is 2.52. The molecule has 2 aliphatic carbocycles. The molecule has 0 aromatic carbocycles. The van der Waals surface area contributed by atoms with Gasteiger partial charge in [0.1, 0.15) is 5.25 Å². The lowest BCUT2D eigenvalue weighted by molar-refractivity contribution is -0.120. The molecule has 0 aromatic rings. The van der Waals surface area contributed by atoms with Gasteiger partial charge in [-0.25, -0.2) is 8.42 Å². The molecule has 1 saturated heterocycles. The molecule has 3 aliphatic rings. The first-order chi connectivity index (χ1) is 8.08. The zero-order valence-electron chi connectivity index (χ0n) is 9.59. The monoisotopic (exact) mass is 259 g/mol. The molecule has 0 spiro atoms. The number of amides is 1. The summed E-state index contributed by atoms with van der Waals surface area (Å²) in [7, 11) is -3.52. The molecule has 0 bridgehead atoms. The van der Waals surface area contributed by atoms with Crippen LogP contribution in [-0.4, -0.2) is 32.8 Å². The van der Waals surface area contributed by atoms with Crippen LogP contribution in [0.15, 0.2) is 0 Å². The SMILES string of the molecule is O=C(NS(=O)(=O)C1CCOC1)[C@H]1C[C@@H]1C1CC1. The largest absolute Gasteiger partial charge is 0.380 e. The van der Waals surface area contributed by atoms with E-state index in [0.717, 1.165) is 6.42 Å². The highest BCUT2D eigenvalue weighted by Crippen LogP contribution is 2.54. The topological polar surface area (TPSA) is 72.5 Å². The van der Waals surface area contributed by atoms with E-state index in [-0.39, 0.29) is 18.4 Å². The summed E-state index contributed by atoms with van der Waals surface area (Å²) in [6, 6.07) is 0. The maximum absolute atomic E-state index is 11.9. The van der Waals surface area contributed by atoms with Gasteiger partial charge in [-0.15, -0.1) is 0 Å². The smallest absolute Gasteiger partial charge is 0.240 e. The lowest BCUT2D eigenvalue weighted by Crippen LogP contribution is -2.39. The third-order valence-corrected chi connectivity index (χ3v) is 5.71. The molecule has 3 fully saturated rings. The van der Waals surface area contributed by atoms with E-state index in [2.05, 4.69) is 4.72 Å². The number of carbonyl (C=O) groups excluding carboxylic acids is 1. The summed E-state index contributed by atoms with van der Waals surface area (Å²) >= 11 is 0. The number of carbonyl (C=O) groups is 1. The normalized spacial score (nSPS) is 36.8. The van der Waals surface area contributed by atoms with Gasteiger partial charge >= 0.3 is 0 Å². The molecule has 0 radical (unpaired) electrons. The summed E-state index contributed by atoms with van der Waals surface area (Å²) in [5, 5.41) is -0.551. The van der Waals surface area contributed by atoms with Crippen molar-refractivity contribution >= 4 is 15.9 Å². The fourth-order valence-electron chi connectivity index (χ4n) is 2.62. The van der Waals surface area contributed by atoms with E-state index in [1.807, 2.05) is 0 Å². The molecule has 2 saturated carbocycles. The maximum Gasteiger partial charge on any atom is 0.240 e. The average Bonchev–Trinajstić information content (AvgIpc) is 3.13. The van der Waals surface area contributed by atoms with Crippen LogP contribution in [-0.2, 0) is 19.6 Å². The van der Waals surface area contributed by atoms with Gasteiger partial charge in [-0.3, -0.25) is 9.52 Å². The van der Waals surface area contributed by atoms with Crippen molar-refractivity contribution in [2.75, 3.05) is 13.2 Å². The first-order valence-electron chi connectivity index (χ1n) is 6.21. The fourth-order valence-corrected chi connectivity index (χ4v) is 3.90. The molecule has 96 valence electrons. The molecule has 1 unspecified atom stereocenters. The Hall–Kier alpha value is -0.620. The van der Waals surface area contributed by atoms with Crippen molar-refractivity contribution in [2.45, 2.75) is 30.9 Å². The van der Waals surface area contributed by atoms with Gasteiger partial charge in [-0.2, -0.15) is 0 Å². The zero-order valence-corrected chi connectivity index (χ0v) is 10.4. The van der Waals surface area contributed by atoms with Crippen LogP contribution in [0.1, 0.15) is 25.7 Å². The van der Waals surface area contributed by atoms with Crippen molar-refractivity contribution in [3.05, 3.63) is 0 Å². The van der Waals surface area contributed by atoms with Gasteiger partial charge in [0.15, 0.2) is 0 Å². The minimum Gasteiger partial charge on any atom is -0.380 e. The second-order valence-electron chi connectivity index (χ2n) is 5.34. The second kappa shape index (κ2) is 3.95. The van der Waals surface area contributed by atoms with Gasteiger partial charge in [0.2, 0.25) is 15.9 Å². The Kier molecular flexibility index (Phi) is 2.66. The third kappa shape index (κ3) is 2.33. The molecule has 6 heteroatoms. The lowest BCUT2D eigenvalue weighted by atomic mass is 10.2. The van der Waals surface area contributed by atoms with Crippen LogP contribution in [0.5, 0.6) is 0 Å². The quantitative estimate of drug-likeness (QED) is 0.786. The standard InChI is InChI=1S/C11H17NO4S/c13-11(10-5-9(10)7-1-2-7)12-17(14,15)8-3-4-16-6-8/h7-10H,1-6H2,(H,12,13)/t8?,9-,10+/m1/s1. The number of rotatable bonds is 4. The third-order valence-electron chi connectivity index (χ3n) is 3.97. The molecule has 1 heterocycles. The van der Waals surface area contributed by atoms with E-state index in [1.54, 1.807) is 0 Å². The molecule has 5 nitrogen and oxygen atoms in total. The lowest BCUT2D eigenvalue weighted by Gasteiger charge is -2.10. The van der Waals surface area contributed by atoms with E-state index < -0.39 is 15.3 Å². The summed E-state index contributed by atoms with van der Waals surface area (Å²) in [6.45, 7) is 0.674. The average molecular weight is 259 g/mol. The summed E-state index contributed by atoms with van der Waals surface area (Å²) in [4.78, 5) is 11.8. The highest BCUT2D eigenvalue weighted by atomic mass is 32.2. The van der Waals surface area contributed by atoms with Crippen LogP contribution in [0.25, 0.3) is 0 Å². The minimum atomic E-state index is -3.52. The Bertz CT molecular complexity index is 423. The number of hydrogen-bond acceptors (Lipinski definition) is 4. The van der Waals surface area contributed by atoms with Crippen LogP contribution < -0.4 is 4.72 Å². The zero-order chi connectivity index (χ0) is 12.0. The van der Waals surface area contributed by atoms with Crippen molar-refractivity contribution < 1.29 is 17.9 Å². The van der Waals surface area contributed by atoms with Gasteiger partial charge in [-0.05, 0) is 37.5 Å². The van der Waals surface area contributed by atoms with Crippen molar-refractivity contribution in [1.82, 2.24) is 4.72 Å². The molecular formula is C11H17NO4S. The van der Waals surface area contributed by atoms with E-state index >= 15 is 0 Å². The van der Waals surface area contributed by atoms with Gasteiger partial charge in [0.05, 0.1) is 6.61 Å². The van der Waals surface area contributed by atoms with Gasteiger partial charge < -0.3 is 4.74 Å². The Balaban J connectivity index is 1.57. The van der Waals surface area contributed by atoms with Crippen molar-refractivity contribution in [2.24, 2.45) is 17.8 Å². The molecule has 1 N–H and O–H groups in total. The minimum absolute atomic E-state index is 0.0559. The fraction of sp³-hybridized carbons (Fsp3) is 0.909. The van der Waals surface area contributed by atoms with Crippen LogP contribution in [0.3, 0.4) is 0 Å². The molecular weight excluding hydrogens is 242 g/mol. The molecule has 1 aliphatic heterocycles. The van der Waals surface area contributed by atoms with Gasteiger partial charge in [0, 0.05) is 12.5 Å². The summed E-state index contributed by atoms with van der Waals surface area (Å²) in [6.07, 6.45) is 3.77. The summed E-state index contributed by atoms with van der Waals surface area (Å²) in [5.74, 6) is 0.779. The van der Waals surface area contributed by atoms with E-state index in [9.17, 15) is 13.2 Å². The predicted octanol–water partition coefficient (Wildman–Crippen LogP) is 0.267. The van der Waals surface area contributed by atoms with Crippen LogP contribution in [0.2, 0.25) is 0 Å². The Morgan fingerprint density at radius 2 is 2.00 bits per heavy atom. The van der Waals surface area contributed by atoms with Gasteiger partial charge in [0.25, 0.3) is 0 Å². The predicted molar refractivity (Wildman–Crippen MR) is 60.6 cm³/mol. The molecule has 3 rings (SSSR count). The number of nitrogens with one attached hydrogen (secondary N) is 1. The Morgan fingerprint density at radius 3 is 2.59 bits per heavy atom. The van der Waals surface area contributed by atoms with Crippen molar-refractivity contribution in [3.63, 3.8) is 0 Å². The van der Waals surface area contributed by atoms with Crippen molar-refractivity contribution in [1.29, 1.82) is 0 Å². The van der Waals surface area contributed by atoms with E-state index in [0.29, 0.717) is 24.9 Å². The van der Waals surface area contributed by atoms with E-state index in [1.165, 1.54) is 12.8 Å². The molecule has 3 atom stereocenters. The molecule has 1 amide bonds. The maximum atomic E-state index is 11.9. The Morgan fingerprint density at radius 1 is 1.24 bits per heavy atom. The van der Waals surface area contributed by atoms with Gasteiger partial charge in [-0.1, -0.05) is 0 Å². The van der Waals surface area contributed by atoms with Crippen LogP contribution >= 0.6 is 0 Å². The molecule has 0 aromatic heterocycles. The summed E-state index contributed by atoms with van der Waals surface area (Å²) < 4.78 is 31.0. The second-order valence-corrected chi connectivity index (χ2v) is 7.30. The number of sulfonamides is 1. The van der Waals surface area contributed by atoms with Crippen LogP contribution in [0.4, 0.5) is 0 Å². The molecule has 17 heavy (non-hydrogen) atoms. The first-order valence-corrected chi connectivity index (χ1v) is 7.76. The first kappa shape index (κ1) is 11.5. The van der Waals surface area contributed by atoms with E-state index in [4.69, 9.17) is 4.74 Å².